The molecule has 2 rings (SSSR count). The van der Waals surface area contributed by atoms with E-state index in [2.05, 4.69) is 4.98 Å². The molecule has 0 N–H and O–H groups in total. The van der Waals surface area contributed by atoms with Gasteiger partial charge in [0.25, 0.3) is 0 Å². The first-order chi connectivity index (χ1) is 11.1. The molecule has 0 atom stereocenters. The van der Waals surface area contributed by atoms with Gasteiger partial charge in [0.2, 0.25) is 0 Å². The maximum absolute atomic E-state index is 12.3. The number of ether oxygens (including phenoxy) is 3. The smallest absolute Gasteiger partial charge is 0.341 e. The molecule has 0 amide bonds. The predicted octanol–water partition coefficient (Wildman–Crippen LogP) is 3.49. The van der Waals surface area contributed by atoms with Crippen molar-refractivity contribution >= 4 is 17.7 Å². The first kappa shape index (κ1) is 17.1. The van der Waals surface area contributed by atoms with Gasteiger partial charge in [-0.05, 0) is 48.6 Å². The minimum Gasteiger partial charge on any atom is -0.493 e. The van der Waals surface area contributed by atoms with Crippen LogP contribution in [0.1, 0.15) is 21.5 Å². The van der Waals surface area contributed by atoms with Crippen LogP contribution in [0.25, 0.3) is 0 Å². The van der Waals surface area contributed by atoms with Crippen LogP contribution in [-0.4, -0.2) is 31.4 Å². The molecule has 0 unspecified atom stereocenters. The molecule has 6 heteroatoms. The third-order valence-corrected chi connectivity index (χ3v) is 4.10. The molecule has 2 aromatic rings. The van der Waals surface area contributed by atoms with Crippen molar-refractivity contribution in [3.8, 4) is 11.5 Å². The molecule has 1 aromatic heterocycles. The molecule has 0 aliphatic carbocycles. The molecule has 0 aliphatic rings. The van der Waals surface area contributed by atoms with Crippen molar-refractivity contribution in [1.82, 2.24) is 4.98 Å². The standard InChI is InChI=1S/C17H19NO4S/c1-11-8-14(20-2)15(21-3)9-12(11)10-22-17(19)13-6-5-7-18-16(13)23-4/h5-9H,10H2,1-4H3. The highest BCUT2D eigenvalue weighted by atomic mass is 32.2. The first-order valence-electron chi connectivity index (χ1n) is 6.98. The number of aromatic nitrogens is 1. The van der Waals surface area contributed by atoms with Gasteiger partial charge in [-0.3, -0.25) is 0 Å². The van der Waals surface area contributed by atoms with Crippen LogP contribution in [-0.2, 0) is 11.3 Å². The van der Waals surface area contributed by atoms with Crippen LogP contribution >= 0.6 is 11.8 Å². The first-order valence-corrected chi connectivity index (χ1v) is 8.20. The van der Waals surface area contributed by atoms with Gasteiger partial charge in [0, 0.05) is 6.20 Å². The van der Waals surface area contributed by atoms with Crippen LogP contribution in [0.2, 0.25) is 0 Å². The molecule has 0 bridgehead atoms. The quantitative estimate of drug-likeness (QED) is 0.596. The van der Waals surface area contributed by atoms with Gasteiger partial charge in [-0.15, -0.1) is 11.8 Å². The molecule has 122 valence electrons. The molecule has 0 saturated carbocycles. The molecule has 0 fully saturated rings. The summed E-state index contributed by atoms with van der Waals surface area (Å²) in [6, 6.07) is 7.11. The van der Waals surface area contributed by atoms with Crippen molar-refractivity contribution < 1.29 is 19.0 Å². The molecule has 0 saturated heterocycles. The minimum absolute atomic E-state index is 0.160. The molecular weight excluding hydrogens is 314 g/mol. The van der Waals surface area contributed by atoms with Gasteiger partial charge >= 0.3 is 5.97 Å². The van der Waals surface area contributed by atoms with E-state index in [9.17, 15) is 4.79 Å². The Hall–Kier alpha value is -2.21. The Morgan fingerprint density at radius 1 is 1.22 bits per heavy atom. The summed E-state index contributed by atoms with van der Waals surface area (Å²) in [5, 5.41) is 0.654. The minimum atomic E-state index is -0.392. The predicted molar refractivity (Wildman–Crippen MR) is 89.4 cm³/mol. The molecule has 0 radical (unpaired) electrons. The fourth-order valence-electron chi connectivity index (χ4n) is 2.11. The van der Waals surface area contributed by atoms with E-state index < -0.39 is 5.97 Å². The summed E-state index contributed by atoms with van der Waals surface area (Å²) in [5.41, 5.74) is 2.30. The largest absolute Gasteiger partial charge is 0.493 e. The van der Waals surface area contributed by atoms with Crippen LogP contribution in [0.15, 0.2) is 35.5 Å². The SMILES string of the molecule is COc1cc(C)c(COC(=O)c2cccnc2SC)cc1OC. The highest BCUT2D eigenvalue weighted by molar-refractivity contribution is 7.98. The van der Waals surface area contributed by atoms with Gasteiger partial charge in [0.15, 0.2) is 11.5 Å². The number of hydrogen-bond acceptors (Lipinski definition) is 6. The maximum Gasteiger partial charge on any atom is 0.341 e. The summed E-state index contributed by atoms with van der Waals surface area (Å²) in [5.74, 6) is 0.865. The fourth-order valence-corrected chi connectivity index (χ4v) is 2.65. The number of carbonyl (C=O) groups is 1. The van der Waals surface area contributed by atoms with E-state index in [4.69, 9.17) is 14.2 Å². The monoisotopic (exact) mass is 333 g/mol. The number of carbonyl (C=O) groups excluding carboxylic acids is 1. The average molecular weight is 333 g/mol. The number of esters is 1. The van der Waals surface area contributed by atoms with Gasteiger partial charge in [0.05, 0.1) is 19.8 Å². The molecule has 0 spiro atoms. The van der Waals surface area contributed by atoms with Crippen molar-refractivity contribution in [3.63, 3.8) is 0 Å². The van der Waals surface area contributed by atoms with Gasteiger partial charge in [-0.2, -0.15) is 0 Å². The second-order valence-electron chi connectivity index (χ2n) is 4.77. The zero-order valence-electron chi connectivity index (χ0n) is 13.6. The van der Waals surface area contributed by atoms with Crippen LogP contribution in [0.5, 0.6) is 11.5 Å². The molecule has 1 aromatic carbocycles. The lowest BCUT2D eigenvalue weighted by molar-refractivity contribution is 0.0466. The number of pyridine rings is 1. The maximum atomic E-state index is 12.3. The zero-order chi connectivity index (χ0) is 16.8. The fraction of sp³-hybridized carbons (Fsp3) is 0.294. The number of aryl methyl sites for hydroxylation is 1. The summed E-state index contributed by atoms with van der Waals surface area (Å²) in [4.78, 5) is 16.4. The lowest BCUT2D eigenvalue weighted by Crippen LogP contribution is -2.08. The number of rotatable bonds is 6. The molecule has 1 heterocycles. The van der Waals surface area contributed by atoms with E-state index in [-0.39, 0.29) is 6.61 Å². The lowest BCUT2D eigenvalue weighted by Gasteiger charge is -2.13. The van der Waals surface area contributed by atoms with Crippen LogP contribution in [0.3, 0.4) is 0 Å². The van der Waals surface area contributed by atoms with E-state index in [0.29, 0.717) is 22.1 Å². The lowest BCUT2D eigenvalue weighted by atomic mass is 10.1. The van der Waals surface area contributed by atoms with Crippen molar-refractivity contribution in [2.45, 2.75) is 18.6 Å². The number of nitrogens with zero attached hydrogens (tertiary/aromatic N) is 1. The normalized spacial score (nSPS) is 10.3. The Morgan fingerprint density at radius 3 is 2.57 bits per heavy atom. The number of methoxy groups -OCH3 is 2. The molecule has 23 heavy (non-hydrogen) atoms. The third kappa shape index (κ3) is 3.96. The van der Waals surface area contributed by atoms with Crippen LogP contribution < -0.4 is 9.47 Å². The summed E-state index contributed by atoms with van der Waals surface area (Å²) >= 11 is 1.41. The van der Waals surface area contributed by atoms with E-state index >= 15 is 0 Å². The van der Waals surface area contributed by atoms with Crippen LogP contribution in [0.4, 0.5) is 0 Å². The summed E-state index contributed by atoms with van der Waals surface area (Å²) in [6.07, 6.45) is 3.53. The second kappa shape index (κ2) is 7.87. The Balaban J connectivity index is 2.16. The van der Waals surface area contributed by atoms with Crippen molar-refractivity contribution in [1.29, 1.82) is 0 Å². The number of hydrogen-bond donors (Lipinski definition) is 0. The Labute approximate surface area is 140 Å². The highest BCUT2D eigenvalue weighted by Crippen LogP contribution is 2.30. The number of benzene rings is 1. The van der Waals surface area contributed by atoms with Gasteiger partial charge in [-0.1, -0.05) is 0 Å². The summed E-state index contributed by atoms with van der Waals surface area (Å²) < 4.78 is 16.0. The van der Waals surface area contributed by atoms with Gasteiger partial charge in [-0.25, -0.2) is 9.78 Å². The Morgan fingerprint density at radius 2 is 1.91 bits per heavy atom. The highest BCUT2D eigenvalue weighted by Gasteiger charge is 2.15. The zero-order valence-corrected chi connectivity index (χ0v) is 14.4. The Bertz CT molecular complexity index is 703. The van der Waals surface area contributed by atoms with Crippen molar-refractivity contribution in [2.24, 2.45) is 0 Å². The van der Waals surface area contributed by atoms with Crippen molar-refractivity contribution in [2.75, 3.05) is 20.5 Å². The topological polar surface area (TPSA) is 57.7 Å². The molecular formula is C17H19NO4S. The van der Waals surface area contributed by atoms with E-state index in [1.807, 2.05) is 25.3 Å². The summed E-state index contributed by atoms with van der Waals surface area (Å²) in [6.45, 7) is 2.09. The van der Waals surface area contributed by atoms with Crippen LogP contribution in [0, 0.1) is 6.92 Å². The van der Waals surface area contributed by atoms with E-state index in [1.165, 1.54) is 11.8 Å². The van der Waals surface area contributed by atoms with Crippen molar-refractivity contribution in [3.05, 3.63) is 47.2 Å². The van der Waals surface area contributed by atoms with Gasteiger partial charge < -0.3 is 14.2 Å². The summed E-state index contributed by atoms with van der Waals surface area (Å²) in [7, 11) is 3.16. The average Bonchev–Trinajstić information content (AvgIpc) is 2.59. The van der Waals surface area contributed by atoms with E-state index in [1.54, 1.807) is 32.5 Å². The van der Waals surface area contributed by atoms with Gasteiger partial charge in [0.1, 0.15) is 11.6 Å². The molecule has 5 nitrogen and oxygen atoms in total. The van der Waals surface area contributed by atoms with E-state index in [0.717, 1.165) is 11.1 Å². The number of thioether (sulfide) groups is 1. The third-order valence-electron chi connectivity index (χ3n) is 3.39. The molecule has 0 aliphatic heterocycles. The Kier molecular flexibility index (Phi) is 5.87. The second-order valence-corrected chi connectivity index (χ2v) is 5.56.